The van der Waals surface area contributed by atoms with Crippen LogP contribution in [0.1, 0.15) is 11.1 Å². The number of halogens is 1. The van der Waals surface area contributed by atoms with E-state index in [-0.39, 0.29) is 24.7 Å². The van der Waals surface area contributed by atoms with E-state index in [0.29, 0.717) is 0 Å². The highest BCUT2D eigenvalue weighted by atomic mass is 79.9. The molecule has 158 valence electrons. The fourth-order valence-electron chi connectivity index (χ4n) is 3.18. The van der Waals surface area contributed by atoms with Crippen molar-refractivity contribution >= 4 is 26.0 Å². The van der Waals surface area contributed by atoms with Gasteiger partial charge in [0.1, 0.15) is 12.6 Å². The Morgan fingerprint density at radius 3 is 2.57 bits per heavy atom. The predicted octanol–water partition coefficient (Wildman–Crippen LogP) is 3.02. The molecule has 1 saturated heterocycles. The van der Waals surface area contributed by atoms with Crippen LogP contribution in [0, 0.1) is 6.92 Å². The lowest BCUT2D eigenvalue weighted by atomic mass is 10.1. The van der Waals surface area contributed by atoms with E-state index in [1.165, 1.54) is 16.9 Å². The van der Waals surface area contributed by atoms with E-state index in [2.05, 4.69) is 26.1 Å². The normalized spacial score (nSPS) is 21.7. The lowest BCUT2D eigenvalue weighted by Crippen LogP contribution is -2.35. The third kappa shape index (κ3) is 4.47. The van der Waals surface area contributed by atoms with Crippen molar-refractivity contribution in [3.05, 3.63) is 76.5 Å². The Morgan fingerprint density at radius 1 is 1.17 bits per heavy atom. The largest absolute Gasteiger partial charge is 0.341 e. The second-order valence-corrected chi connectivity index (χ2v) is 9.36. The number of hydrogen-bond acceptors (Lipinski definition) is 7. The Labute approximate surface area is 183 Å². The Hall–Kier alpha value is -2.11. The molecule has 0 saturated carbocycles. The molecule has 4 rings (SSSR count). The minimum absolute atomic E-state index is 0.102. The number of aromatic nitrogens is 3. The van der Waals surface area contributed by atoms with Crippen LogP contribution in [0.25, 0.3) is 0 Å². The van der Waals surface area contributed by atoms with Crippen LogP contribution < -0.4 is 0 Å². The molecule has 0 spiro atoms. The average Bonchev–Trinajstić information content (AvgIpc) is 3.38. The van der Waals surface area contributed by atoms with Crippen molar-refractivity contribution in [1.29, 1.82) is 0 Å². The minimum Gasteiger partial charge on any atom is -0.341 e. The van der Waals surface area contributed by atoms with Crippen LogP contribution in [-0.4, -0.2) is 42.7 Å². The zero-order chi connectivity index (χ0) is 21.2. The third-order valence-electron chi connectivity index (χ3n) is 4.68. The fraction of sp³-hybridized carbons (Fsp3) is 0.300. The van der Waals surface area contributed by atoms with Crippen molar-refractivity contribution in [3.63, 3.8) is 0 Å². The quantitative estimate of drug-likeness (QED) is 0.467. The molecule has 2 heterocycles. The van der Waals surface area contributed by atoms with Gasteiger partial charge >= 0.3 is 0 Å². The van der Waals surface area contributed by atoms with Gasteiger partial charge in [0.25, 0.3) is 10.1 Å². The van der Waals surface area contributed by atoms with Crippen LogP contribution in [0.15, 0.2) is 70.3 Å². The summed E-state index contributed by atoms with van der Waals surface area (Å²) in [6.07, 6.45) is 2.54. The summed E-state index contributed by atoms with van der Waals surface area (Å²) >= 11 is 3.54. The van der Waals surface area contributed by atoms with Gasteiger partial charge in [0.2, 0.25) is 5.79 Å². The molecule has 0 amide bonds. The molecule has 0 radical (unpaired) electrons. The first-order valence-electron chi connectivity index (χ1n) is 9.25. The molecular formula is C20H20BrN3O5S. The molecular weight excluding hydrogens is 474 g/mol. The number of ether oxygens (including phenoxy) is 2. The molecule has 1 aromatic heterocycles. The molecule has 1 fully saturated rings. The molecule has 1 aliphatic rings. The summed E-state index contributed by atoms with van der Waals surface area (Å²) in [5.74, 6) is -1.18. The molecule has 3 aromatic rings. The number of rotatable bonds is 7. The van der Waals surface area contributed by atoms with Gasteiger partial charge in [-0.05, 0) is 25.1 Å². The molecule has 0 aliphatic carbocycles. The van der Waals surface area contributed by atoms with Crippen LogP contribution in [0.5, 0.6) is 0 Å². The van der Waals surface area contributed by atoms with Gasteiger partial charge in [-0.15, -0.1) is 0 Å². The summed E-state index contributed by atoms with van der Waals surface area (Å²) in [6, 6.07) is 14.0. The molecule has 0 N–H and O–H groups in total. The Balaban J connectivity index is 1.52. The van der Waals surface area contributed by atoms with Crippen LogP contribution >= 0.6 is 15.9 Å². The van der Waals surface area contributed by atoms with Crippen molar-refractivity contribution < 1.29 is 22.1 Å². The highest BCUT2D eigenvalue weighted by molar-refractivity contribution is 9.10. The van der Waals surface area contributed by atoms with Crippen molar-refractivity contribution in [2.45, 2.75) is 30.3 Å². The first-order chi connectivity index (χ1) is 14.4. The van der Waals surface area contributed by atoms with Gasteiger partial charge in [-0.2, -0.15) is 23.4 Å². The topological polar surface area (TPSA) is 92.5 Å². The van der Waals surface area contributed by atoms with Gasteiger partial charge in [0.15, 0.2) is 0 Å². The Morgan fingerprint density at radius 2 is 1.87 bits per heavy atom. The fourth-order valence-corrected chi connectivity index (χ4v) is 4.70. The standard InChI is InChI=1S/C20H20BrN3O5S/c1-15-6-8-17(9-7-15)30(25,26)28-13-16-12-27-20(29-16,14-24-22-10-11-23-24)18-4-2-3-5-19(18)21/h2-11,16H,12-14H2,1H3/t16-,20+/m1/s1. The number of hydrogen-bond donors (Lipinski definition) is 0. The zero-order valence-corrected chi connectivity index (χ0v) is 18.5. The van der Waals surface area contributed by atoms with Crippen molar-refractivity contribution in [1.82, 2.24) is 15.0 Å². The summed E-state index contributed by atoms with van der Waals surface area (Å²) in [5.41, 5.74) is 1.72. The van der Waals surface area contributed by atoms with Gasteiger partial charge in [-0.25, -0.2) is 0 Å². The lowest BCUT2D eigenvalue weighted by Gasteiger charge is -2.28. The van der Waals surface area contributed by atoms with Gasteiger partial charge in [0.05, 0.1) is 30.5 Å². The van der Waals surface area contributed by atoms with E-state index in [1.54, 1.807) is 24.5 Å². The van der Waals surface area contributed by atoms with E-state index < -0.39 is 22.0 Å². The summed E-state index contributed by atoms with van der Waals surface area (Å²) in [5, 5.41) is 8.28. The second kappa shape index (κ2) is 8.56. The van der Waals surface area contributed by atoms with Crippen LogP contribution in [0.2, 0.25) is 0 Å². The second-order valence-electron chi connectivity index (χ2n) is 6.89. The number of benzene rings is 2. The first-order valence-corrected chi connectivity index (χ1v) is 11.5. The molecule has 30 heavy (non-hydrogen) atoms. The summed E-state index contributed by atoms with van der Waals surface area (Å²) in [6.45, 7) is 2.07. The zero-order valence-electron chi connectivity index (χ0n) is 16.1. The summed E-state index contributed by atoms with van der Waals surface area (Å²) in [4.78, 5) is 1.57. The van der Waals surface area contributed by atoms with E-state index in [4.69, 9.17) is 13.7 Å². The van der Waals surface area contributed by atoms with Gasteiger partial charge in [-0.3, -0.25) is 4.18 Å². The lowest BCUT2D eigenvalue weighted by molar-refractivity contribution is -0.192. The maximum Gasteiger partial charge on any atom is 0.297 e. The molecule has 1 aliphatic heterocycles. The monoisotopic (exact) mass is 493 g/mol. The van der Waals surface area contributed by atoms with E-state index in [0.717, 1.165) is 15.6 Å². The molecule has 2 aromatic carbocycles. The van der Waals surface area contributed by atoms with Crippen LogP contribution in [0.3, 0.4) is 0 Å². The Bertz CT molecular complexity index is 1110. The minimum atomic E-state index is -3.90. The third-order valence-corrected chi connectivity index (χ3v) is 6.67. The van der Waals surface area contributed by atoms with Gasteiger partial charge in [-0.1, -0.05) is 51.8 Å². The molecule has 2 atom stereocenters. The first kappa shape index (κ1) is 21.1. The van der Waals surface area contributed by atoms with Crippen LogP contribution in [-0.2, 0) is 36.1 Å². The smallest absolute Gasteiger partial charge is 0.297 e. The molecule has 10 heteroatoms. The van der Waals surface area contributed by atoms with E-state index >= 15 is 0 Å². The van der Waals surface area contributed by atoms with Crippen LogP contribution in [0.4, 0.5) is 0 Å². The van der Waals surface area contributed by atoms with Crippen molar-refractivity contribution in [3.8, 4) is 0 Å². The molecule has 0 bridgehead atoms. The van der Waals surface area contributed by atoms with E-state index in [1.807, 2.05) is 31.2 Å². The van der Waals surface area contributed by atoms with Crippen molar-refractivity contribution in [2.75, 3.05) is 13.2 Å². The predicted molar refractivity (Wildman–Crippen MR) is 111 cm³/mol. The average molecular weight is 494 g/mol. The highest BCUT2D eigenvalue weighted by Crippen LogP contribution is 2.39. The summed E-state index contributed by atoms with van der Waals surface area (Å²) < 4.78 is 43.3. The SMILES string of the molecule is Cc1ccc(S(=O)(=O)OC[C@H]2CO[C@](Cn3nccn3)(c3ccccc3Br)O2)cc1. The van der Waals surface area contributed by atoms with Gasteiger partial charge in [0, 0.05) is 10.0 Å². The maximum absolute atomic E-state index is 12.5. The maximum atomic E-state index is 12.5. The molecule has 8 nitrogen and oxygen atoms in total. The highest BCUT2D eigenvalue weighted by Gasteiger charge is 2.46. The number of nitrogens with zero attached hydrogens (tertiary/aromatic N) is 3. The van der Waals surface area contributed by atoms with E-state index in [9.17, 15) is 8.42 Å². The number of aryl methyl sites for hydroxylation is 1. The van der Waals surface area contributed by atoms with Crippen molar-refractivity contribution in [2.24, 2.45) is 0 Å². The molecule has 0 unspecified atom stereocenters. The Kier molecular flexibility index (Phi) is 6.03. The van der Waals surface area contributed by atoms with Gasteiger partial charge < -0.3 is 9.47 Å². The summed E-state index contributed by atoms with van der Waals surface area (Å²) in [7, 11) is -3.90.